The summed E-state index contributed by atoms with van der Waals surface area (Å²) in [6.07, 6.45) is 1.08. The third-order valence-electron chi connectivity index (χ3n) is 2.86. The first kappa shape index (κ1) is 14.2. The largest absolute Gasteiger partial charge is 0.384 e. The second kappa shape index (κ2) is 7.46. The molecule has 0 aliphatic carbocycles. The maximum absolute atomic E-state index is 5.29. The molecule has 0 spiro atoms. The lowest BCUT2D eigenvalue weighted by Gasteiger charge is -2.18. The number of methoxy groups -OCH3 is 1. The summed E-state index contributed by atoms with van der Waals surface area (Å²) < 4.78 is 5.29. The van der Waals surface area contributed by atoms with Crippen LogP contribution < -0.4 is 5.32 Å². The fourth-order valence-corrected chi connectivity index (χ4v) is 1.89. The Morgan fingerprint density at radius 3 is 2.35 bits per heavy atom. The van der Waals surface area contributed by atoms with Gasteiger partial charge in [-0.25, -0.2) is 0 Å². The van der Waals surface area contributed by atoms with Gasteiger partial charge in [-0.15, -0.1) is 0 Å². The minimum atomic E-state index is 0.535. The van der Waals surface area contributed by atoms with Gasteiger partial charge in [0, 0.05) is 19.7 Å². The fourth-order valence-electron chi connectivity index (χ4n) is 1.89. The number of hydrogen-bond acceptors (Lipinski definition) is 2. The SMILES string of the molecule is COCC(CNC(C)C)Cc1ccc(C)cc1. The number of hydrogen-bond donors (Lipinski definition) is 1. The van der Waals surface area contributed by atoms with Crippen molar-refractivity contribution >= 4 is 0 Å². The maximum atomic E-state index is 5.29. The van der Waals surface area contributed by atoms with Crippen LogP contribution in [0.15, 0.2) is 24.3 Å². The van der Waals surface area contributed by atoms with E-state index >= 15 is 0 Å². The molecule has 1 aromatic carbocycles. The summed E-state index contributed by atoms with van der Waals surface area (Å²) in [7, 11) is 1.78. The van der Waals surface area contributed by atoms with E-state index in [1.165, 1.54) is 11.1 Å². The Bertz CT molecular complexity index is 305. The van der Waals surface area contributed by atoms with Crippen LogP contribution in [0.25, 0.3) is 0 Å². The molecule has 1 atom stereocenters. The van der Waals surface area contributed by atoms with Crippen LogP contribution in [0.2, 0.25) is 0 Å². The molecule has 2 nitrogen and oxygen atoms in total. The van der Waals surface area contributed by atoms with Crippen LogP contribution in [-0.2, 0) is 11.2 Å². The Balaban J connectivity index is 2.50. The van der Waals surface area contributed by atoms with Gasteiger partial charge in [0.2, 0.25) is 0 Å². The number of rotatable bonds is 7. The fraction of sp³-hybridized carbons (Fsp3) is 0.600. The van der Waals surface area contributed by atoms with Gasteiger partial charge >= 0.3 is 0 Å². The predicted molar refractivity (Wildman–Crippen MR) is 73.4 cm³/mol. The Morgan fingerprint density at radius 1 is 1.18 bits per heavy atom. The molecule has 96 valence electrons. The lowest BCUT2D eigenvalue weighted by atomic mass is 9.99. The molecule has 1 rings (SSSR count). The molecular formula is C15H25NO. The van der Waals surface area contributed by atoms with Crippen LogP contribution in [0.1, 0.15) is 25.0 Å². The van der Waals surface area contributed by atoms with Crippen molar-refractivity contribution in [2.45, 2.75) is 33.2 Å². The van der Waals surface area contributed by atoms with Gasteiger partial charge in [-0.1, -0.05) is 43.7 Å². The van der Waals surface area contributed by atoms with Crippen molar-refractivity contribution < 1.29 is 4.74 Å². The van der Waals surface area contributed by atoms with Gasteiger partial charge in [0.25, 0.3) is 0 Å². The molecule has 0 fully saturated rings. The summed E-state index contributed by atoms with van der Waals surface area (Å²) in [5, 5.41) is 3.48. The molecular weight excluding hydrogens is 210 g/mol. The van der Waals surface area contributed by atoms with Gasteiger partial charge in [-0.05, 0) is 24.8 Å². The average Bonchev–Trinajstić information content (AvgIpc) is 2.29. The van der Waals surface area contributed by atoms with E-state index in [4.69, 9.17) is 4.74 Å². The lowest BCUT2D eigenvalue weighted by molar-refractivity contribution is 0.149. The minimum Gasteiger partial charge on any atom is -0.384 e. The molecule has 17 heavy (non-hydrogen) atoms. The van der Waals surface area contributed by atoms with Crippen molar-refractivity contribution in [1.29, 1.82) is 0 Å². The summed E-state index contributed by atoms with van der Waals surface area (Å²) >= 11 is 0. The van der Waals surface area contributed by atoms with Crippen LogP contribution in [0.5, 0.6) is 0 Å². The van der Waals surface area contributed by atoms with Crippen LogP contribution >= 0.6 is 0 Å². The van der Waals surface area contributed by atoms with Crippen LogP contribution in [0.3, 0.4) is 0 Å². The Morgan fingerprint density at radius 2 is 1.82 bits per heavy atom. The summed E-state index contributed by atoms with van der Waals surface area (Å²) in [5.41, 5.74) is 2.71. The van der Waals surface area contributed by atoms with E-state index in [2.05, 4.69) is 50.4 Å². The zero-order valence-corrected chi connectivity index (χ0v) is 11.5. The summed E-state index contributed by atoms with van der Waals surface area (Å²) in [6, 6.07) is 9.32. The molecule has 0 aliphatic rings. The van der Waals surface area contributed by atoms with Gasteiger partial charge in [-0.3, -0.25) is 0 Å². The topological polar surface area (TPSA) is 21.3 Å². The molecule has 1 aromatic rings. The summed E-state index contributed by atoms with van der Waals surface area (Å²) in [6.45, 7) is 8.30. The van der Waals surface area contributed by atoms with Crippen molar-refractivity contribution in [2.75, 3.05) is 20.3 Å². The van der Waals surface area contributed by atoms with E-state index in [0.29, 0.717) is 12.0 Å². The van der Waals surface area contributed by atoms with Gasteiger partial charge in [0.1, 0.15) is 0 Å². The smallest absolute Gasteiger partial charge is 0.0505 e. The molecule has 0 amide bonds. The Labute approximate surface area is 105 Å². The molecule has 0 saturated carbocycles. The van der Waals surface area contributed by atoms with E-state index < -0.39 is 0 Å². The molecule has 0 saturated heterocycles. The lowest BCUT2D eigenvalue weighted by Crippen LogP contribution is -2.32. The monoisotopic (exact) mass is 235 g/mol. The highest BCUT2D eigenvalue weighted by atomic mass is 16.5. The molecule has 1 N–H and O–H groups in total. The van der Waals surface area contributed by atoms with Crippen LogP contribution in [0, 0.1) is 12.8 Å². The Hall–Kier alpha value is -0.860. The molecule has 0 bridgehead atoms. The summed E-state index contributed by atoms with van der Waals surface area (Å²) in [5.74, 6) is 0.546. The highest BCUT2D eigenvalue weighted by Crippen LogP contribution is 2.10. The average molecular weight is 235 g/mol. The number of benzene rings is 1. The van der Waals surface area contributed by atoms with E-state index in [9.17, 15) is 0 Å². The predicted octanol–water partition coefficient (Wildman–Crippen LogP) is 2.80. The zero-order valence-electron chi connectivity index (χ0n) is 11.5. The second-order valence-corrected chi connectivity index (χ2v) is 5.07. The molecule has 2 heteroatoms. The second-order valence-electron chi connectivity index (χ2n) is 5.07. The van der Waals surface area contributed by atoms with Gasteiger partial charge in [0.05, 0.1) is 6.61 Å². The third-order valence-corrected chi connectivity index (χ3v) is 2.86. The maximum Gasteiger partial charge on any atom is 0.0505 e. The van der Waals surface area contributed by atoms with E-state index in [-0.39, 0.29) is 0 Å². The molecule has 0 radical (unpaired) electrons. The number of nitrogens with one attached hydrogen (secondary N) is 1. The van der Waals surface area contributed by atoms with Crippen molar-refractivity contribution in [1.82, 2.24) is 5.32 Å². The van der Waals surface area contributed by atoms with Crippen LogP contribution in [-0.4, -0.2) is 26.3 Å². The van der Waals surface area contributed by atoms with Gasteiger partial charge < -0.3 is 10.1 Å². The molecule has 0 aromatic heterocycles. The Kier molecular flexibility index (Phi) is 6.23. The standard InChI is InChI=1S/C15H25NO/c1-12(2)16-10-15(11-17-4)9-14-7-5-13(3)6-8-14/h5-8,12,15-16H,9-11H2,1-4H3. The van der Waals surface area contributed by atoms with Crippen LogP contribution in [0.4, 0.5) is 0 Å². The normalized spacial score (nSPS) is 13.0. The first-order chi connectivity index (χ1) is 8.11. The van der Waals surface area contributed by atoms with E-state index in [0.717, 1.165) is 19.6 Å². The summed E-state index contributed by atoms with van der Waals surface area (Å²) in [4.78, 5) is 0. The quantitative estimate of drug-likeness (QED) is 0.784. The number of aryl methyl sites for hydroxylation is 1. The van der Waals surface area contributed by atoms with Gasteiger partial charge in [-0.2, -0.15) is 0 Å². The zero-order chi connectivity index (χ0) is 12.7. The number of ether oxygens (including phenoxy) is 1. The van der Waals surface area contributed by atoms with Crippen molar-refractivity contribution in [3.63, 3.8) is 0 Å². The molecule has 0 aliphatic heterocycles. The first-order valence-corrected chi connectivity index (χ1v) is 6.39. The minimum absolute atomic E-state index is 0.535. The van der Waals surface area contributed by atoms with Gasteiger partial charge in [0.15, 0.2) is 0 Å². The molecule has 0 heterocycles. The van der Waals surface area contributed by atoms with Crippen molar-refractivity contribution in [3.05, 3.63) is 35.4 Å². The van der Waals surface area contributed by atoms with E-state index in [1.807, 2.05) is 0 Å². The van der Waals surface area contributed by atoms with Crippen molar-refractivity contribution in [2.24, 2.45) is 5.92 Å². The highest BCUT2D eigenvalue weighted by molar-refractivity contribution is 5.21. The molecule has 1 unspecified atom stereocenters. The highest BCUT2D eigenvalue weighted by Gasteiger charge is 2.10. The first-order valence-electron chi connectivity index (χ1n) is 6.39. The van der Waals surface area contributed by atoms with Crippen molar-refractivity contribution in [3.8, 4) is 0 Å². The third kappa shape index (κ3) is 5.85. The van der Waals surface area contributed by atoms with E-state index in [1.54, 1.807) is 7.11 Å².